The number of nitrogens with zero attached hydrogens (tertiary/aromatic N) is 3. The van der Waals surface area contributed by atoms with E-state index in [0.29, 0.717) is 0 Å². The third-order valence-electron chi connectivity index (χ3n) is 8.42. The summed E-state index contributed by atoms with van der Waals surface area (Å²) >= 11 is 1.69. The molecule has 4 aromatic rings. The third-order valence-corrected chi connectivity index (χ3v) is 15.8. The minimum Gasteiger partial charge on any atom is -0.356 e. The van der Waals surface area contributed by atoms with E-state index in [2.05, 4.69) is 121 Å². The molecule has 2 atom stereocenters. The molecule has 0 bridgehead atoms. The lowest BCUT2D eigenvalue weighted by molar-refractivity contribution is -0.140. The van der Waals surface area contributed by atoms with Crippen LogP contribution in [0.4, 0.5) is 0 Å². The number of thioether (sulfide) groups is 1. The summed E-state index contributed by atoms with van der Waals surface area (Å²) in [6, 6.07) is 31.2. The minimum atomic E-state index is -2.36. The van der Waals surface area contributed by atoms with Crippen molar-refractivity contribution in [3.8, 4) is 0 Å². The number of benzene rings is 3. The lowest BCUT2D eigenvalue weighted by atomic mass is 9.84. The van der Waals surface area contributed by atoms with Gasteiger partial charge in [0.2, 0.25) is 5.91 Å². The van der Waals surface area contributed by atoms with Gasteiger partial charge < -0.3 is 4.57 Å². The van der Waals surface area contributed by atoms with Crippen LogP contribution in [-0.2, 0) is 9.54 Å². The van der Waals surface area contributed by atoms with Crippen molar-refractivity contribution in [1.29, 1.82) is 0 Å². The van der Waals surface area contributed by atoms with Crippen LogP contribution in [0, 0.1) is 5.92 Å². The van der Waals surface area contributed by atoms with Crippen LogP contribution >= 0.6 is 11.8 Å². The highest BCUT2D eigenvalue weighted by Gasteiger charge is 2.62. The first-order valence-electron chi connectivity index (χ1n) is 13.6. The third kappa shape index (κ3) is 4.71. The molecule has 3 aromatic carbocycles. The molecule has 7 heteroatoms. The molecular formula is C33H35N3O2SSi. The Morgan fingerprint density at radius 3 is 1.68 bits per heavy atom. The lowest BCUT2D eigenvalue weighted by Crippen LogP contribution is -2.73. The van der Waals surface area contributed by atoms with Gasteiger partial charge in [0.25, 0.3) is 0 Å². The topological polar surface area (TPSA) is 63.2 Å². The number of amides is 1. The number of hydrogen-bond acceptors (Lipinski definition) is 5. The molecule has 0 spiro atoms. The Morgan fingerprint density at radius 2 is 1.27 bits per heavy atom. The van der Waals surface area contributed by atoms with Gasteiger partial charge in [-0.05, 0) is 21.7 Å². The number of carbonyl (C=O) groups is 2. The molecule has 1 aliphatic heterocycles. The molecule has 1 saturated heterocycles. The van der Waals surface area contributed by atoms with Gasteiger partial charge in [-0.2, -0.15) is 0 Å². The number of hydrogen-bond donors (Lipinski definition) is 0. The molecule has 0 N–H and O–H groups in total. The Balaban J connectivity index is 1.73. The molecule has 0 radical (unpaired) electrons. The predicted octanol–water partition coefficient (Wildman–Crippen LogP) is 7.17. The summed E-state index contributed by atoms with van der Waals surface area (Å²) in [7, 11) is -2.36. The average molecular weight is 566 g/mol. The molecule has 2 unspecified atom stereocenters. The van der Waals surface area contributed by atoms with Crippen LogP contribution in [0.1, 0.15) is 48.0 Å². The lowest BCUT2D eigenvalue weighted by Gasteiger charge is -2.59. The van der Waals surface area contributed by atoms with Gasteiger partial charge in [-0.1, -0.05) is 125 Å². The number of rotatable bonds is 8. The first kappa shape index (κ1) is 28.0. The molecule has 1 fully saturated rings. The van der Waals surface area contributed by atoms with Crippen molar-refractivity contribution >= 4 is 31.7 Å². The maximum atomic E-state index is 14.1. The summed E-state index contributed by atoms with van der Waals surface area (Å²) in [5.74, 6) is -1.22. The molecule has 5 rings (SSSR count). The van der Waals surface area contributed by atoms with E-state index in [-0.39, 0.29) is 27.8 Å². The summed E-state index contributed by atoms with van der Waals surface area (Å²) in [5, 5.41) is -0.486. The Bertz CT molecular complexity index is 1380. The van der Waals surface area contributed by atoms with Crippen LogP contribution in [0.2, 0.25) is 18.1 Å². The van der Waals surface area contributed by atoms with Crippen LogP contribution in [0.5, 0.6) is 0 Å². The maximum Gasteiger partial charge on any atom is 0.229 e. The van der Waals surface area contributed by atoms with E-state index < -0.39 is 18.9 Å². The second-order valence-electron chi connectivity index (χ2n) is 11.7. The fourth-order valence-electron chi connectivity index (χ4n) is 5.27. The van der Waals surface area contributed by atoms with Crippen molar-refractivity contribution in [2.45, 2.75) is 49.0 Å². The number of ketones is 1. The number of Topliss-reactive ketones (excluding diaryl/α,β-unsaturated/α-hetero) is 1. The second kappa shape index (κ2) is 10.8. The zero-order chi connectivity index (χ0) is 28.5. The zero-order valence-corrected chi connectivity index (χ0v) is 25.4. The fourth-order valence-corrected chi connectivity index (χ4v) is 10.2. The average Bonchev–Trinajstić information content (AvgIpc) is 2.96. The molecule has 1 aliphatic rings. The Hall–Kier alpha value is -3.55. The molecule has 1 amide bonds. The van der Waals surface area contributed by atoms with Crippen molar-refractivity contribution in [3.05, 3.63) is 132 Å². The SMILES string of the molecule is CC(C)(C)[Si](C)(C)N1C(=O)C(C(=O)c2cnccn2)C1SC(c1ccccc1)(c1ccccc1)c1ccccc1. The van der Waals surface area contributed by atoms with Crippen molar-refractivity contribution in [1.82, 2.24) is 14.5 Å². The summed E-state index contributed by atoms with van der Waals surface area (Å²) in [4.78, 5) is 36.4. The molecule has 5 nitrogen and oxygen atoms in total. The highest BCUT2D eigenvalue weighted by molar-refractivity contribution is 8.01. The highest BCUT2D eigenvalue weighted by atomic mass is 32.2. The predicted molar refractivity (Wildman–Crippen MR) is 164 cm³/mol. The van der Waals surface area contributed by atoms with Gasteiger partial charge in [0.15, 0.2) is 14.0 Å². The van der Waals surface area contributed by atoms with E-state index in [1.54, 1.807) is 18.0 Å². The van der Waals surface area contributed by atoms with Crippen LogP contribution in [0.15, 0.2) is 110 Å². The largest absolute Gasteiger partial charge is 0.356 e. The van der Waals surface area contributed by atoms with E-state index in [4.69, 9.17) is 0 Å². The van der Waals surface area contributed by atoms with Gasteiger partial charge in [0.05, 0.1) is 16.3 Å². The van der Waals surface area contributed by atoms with Crippen molar-refractivity contribution in [2.24, 2.45) is 5.92 Å². The molecule has 0 aliphatic carbocycles. The smallest absolute Gasteiger partial charge is 0.229 e. The van der Waals surface area contributed by atoms with E-state index in [1.165, 1.54) is 12.4 Å². The van der Waals surface area contributed by atoms with E-state index in [1.807, 2.05) is 18.2 Å². The minimum absolute atomic E-state index is 0.100. The molecule has 0 saturated carbocycles. The Kier molecular flexibility index (Phi) is 7.55. The Labute approximate surface area is 242 Å². The molecule has 2 heterocycles. The van der Waals surface area contributed by atoms with Crippen LogP contribution in [-0.4, -0.2) is 39.8 Å². The van der Waals surface area contributed by atoms with Gasteiger partial charge in [-0.3, -0.25) is 14.6 Å². The quantitative estimate of drug-likeness (QED) is 0.0745. The van der Waals surface area contributed by atoms with Crippen molar-refractivity contribution in [2.75, 3.05) is 0 Å². The van der Waals surface area contributed by atoms with Gasteiger partial charge >= 0.3 is 0 Å². The molecule has 1 aromatic heterocycles. The van der Waals surface area contributed by atoms with Crippen molar-refractivity contribution < 1.29 is 9.59 Å². The normalized spacial score (nSPS) is 17.8. The van der Waals surface area contributed by atoms with Crippen molar-refractivity contribution in [3.63, 3.8) is 0 Å². The number of aromatic nitrogens is 2. The summed E-state index contributed by atoms with van der Waals surface area (Å²) in [6.45, 7) is 11.1. The molecular weight excluding hydrogens is 531 g/mol. The first-order chi connectivity index (χ1) is 19.1. The van der Waals surface area contributed by atoms with E-state index in [9.17, 15) is 9.59 Å². The van der Waals surface area contributed by atoms with Crippen LogP contribution < -0.4 is 0 Å². The maximum absolute atomic E-state index is 14.1. The van der Waals surface area contributed by atoms with Gasteiger partial charge in [-0.15, -0.1) is 11.8 Å². The monoisotopic (exact) mass is 565 g/mol. The highest BCUT2D eigenvalue weighted by Crippen LogP contribution is 2.57. The number of β-lactam (4-membered cyclic amide) rings is 1. The summed E-state index contributed by atoms with van der Waals surface area (Å²) < 4.78 is 1.40. The summed E-state index contributed by atoms with van der Waals surface area (Å²) in [6.07, 6.45) is 4.51. The molecule has 204 valence electrons. The van der Waals surface area contributed by atoms with E-state index >= 15 is 0 Å². The fraction of sp³-hybridized carbons (Fsp3) is 0.273. The van der Waals surface area contributed by atoms with E-state index in [0.717, 1.165) is 16.7 Å². The standard InChI is InChI=1S/C33H35N3O2SSi/c1-32(2,3)40(4,5)36-30(38)28(29(37)27-23-34-21-22-35-27)31(36)39-33(24-15-9-6-10-16-24,25-17-11-7-12-18-25)26-19-13-8-14-20-26/h6-23,28,31H,1-5H3. The first-order valence-corrected chi connectivity index (χ1v) is 17.4. The number of carbonyl (C=O) groups excluding carboxylic acids is 2. The van der Waals surface area contributed by atoms with Gasteiger partial charge in [-0.25, -0.2) is 4.98 Å². The summed E-state index contributed by atoms with van der Waals surface area (Å²) in [5.41, 5.74) is 3.51. The molecule has 40 heavy (non-hydrogen) atoms. The van der Waals surface area contributed by atoms with Crippen LogP contribution in [0.25, 0.3) is 0 Å². The van der Waals surface area contributed by atoms with Gasteiger partial charge in [0.1, 0.15) is 11.6 Å². The zero-order valence-electron chi connectivity index (χ0n) is 23.6. The van der Waals surface area contributed by atoms with Gasteiger partial charge in [0, 0.05) is 12.4 Å². The second-order valence-corrected chi connectivity index (χ2v) is 18.2. The Morgan fingerprint density at radius 1 is 0.800 bits per heavy atom. The van der Waals surface area contributed by atoms with Crippen LogP contribution in [0.3, 0.4) is 0 Å².